The third kappa shape index (κ3) is 5.92. The third-order valence-electron chi connectivity index (χ3n) is 5.67. The lowest BCUT2D eigenvalue weighted by atomic mass is 9.96. The van der Waals surface area contributed by atoms with Gasteiger partial charge in [0.05, 0.1) is 25.3 Å². The number of nitrogens with zero attached hydrogens (tertiary/aromatic N) is 1. The van der Waals surface area contributed by atoms with E-state index in [-0.39, 0.29) is 12.1 Å². The van der Waals surface area contributed by atoms with Crippen LogP contribution in [0.15, 0.2) is 121 Å². The van der Waals surface area contributed by atoms with Crippen LogP contribution in [0.5, 0.6) is 0 Å². The van der Waals surface area contributed by atoms with Crippen LogP contribution in [-0.4, -0.2) is 16.9 Å². The van der Waals surface area contributed by atoms with Crippen molar-refractivity contribution < 1.29 is 9.94 Å². The molecule has 0 bridgehead atoms. The topological polar surface area (TPSA) is 32.7 Å². The third-order valence-corrected chi connectivity index (χ3v) is 5.67. The van der Waals surface area contributed by atoms with Crippen molar-refractivity contribution in [2.24, 2.45) is 0 Å². The molecular formula is C29H29NO2. The van der Waals surface area contributed by atoms with Crippen molar-refractivity contribution in [3.8, 4) is 0 Å². The number of hydrogen-bond donors (Lipinski definition) is 1. The smallest absolute Gasteiger partial charge is 0.0840 e. The van der Waals surface area contributed by atoms with E-state index >= 15 is 0 Å². The highest BCUT2D eigenvalue weighted by Crippen LogP contribution is 2.32. The summed E-state index contributed by atoms with van der Waals surface area (Å²) < 4.78 is 6.09. The Morgan fingerprint density at radius 2 is 1.00 bits per heavy atom. The molecule has 4 aromatic rings. The summed E-state index contributed by atoms with van der Waals surface area (Å²) in [5.41, 5.74) is 4.39. The van der Waals surface area contributed by atoms with Gasteiger partial charge in [0.1, 0.15) is 0 Å². The number of hydrogen-bond acceptors (Lipinski definition) is 3. The Kier molecular flexibility index (Phi) is 7.83. The van der Waals surface area contributed by atoms with Gasteiger partial charge in [-0.1, -0.05) is 121 Å². The highest BCUT2D eigenvalue weighted by atomic mass is 16.5. The van der Waals surface area contributed by atoms with Crippen LogP contribution in [0.4, 0.5) is 0 Å². The first-order valence-electron chi connectivity index (χ1n) is 11.0. The highest BCUT2D eigenvalue weighted by molar-refractivity contribution is 5.26. The van der Waals surface area contributed by atoms with E-state index in [1.165, 1.54) is 10.6 Å². The Morgan fingerprint density at radius 1 is 0.562 bits per heavy atom. The summed E-state index contributed by atoms with van der Waals surface area (Å²) in [6.45, 7) is 0.889. The second-order valence-corrected chi connectivity index (χ2v) is 7.92. The van der Waals surface area contributed by atoms with Crippen LogP contribution in [0.25, 0.3) is 0 Å². The Morgan fingerprint density at radius 3 is 1.53 bits per heavy atom. The zero-order chi connectivity index (χ0) is 22.0. The van der Waals surface area contributed by atoms with Gasteiger partial charge >= 0.3 is 0 Å². The molecule has 0 saturated carbocycles. The lowest BCUT2D eigenvalue weighted by molar-refractivity contribution is -0.179. The molecule has 0 aliphatic heterocycles. The van der Waals surface area contributed by atoms with Crippen LogP contribution in [0, 0.1) is 0 Å². The van der Waals surface area contributed by atoms with Gasteiger partial charge in [-0.2, -0.15) is 5.06 Å². The van der Waals surface area contributed by atoms with Crippen molar-refractivity contribution in [3.05, 3.63) is 144 Å². The van der Waals surface area contributed by atoms with Crippen molar-refractivity contribution in [1.82, 2.24) is 5.06 Å². The summed E-state index contributed by atoms with van der Waals surface area (Å²) in [4.78, 5) is 0. The quantitative estimate of drug-likeness (QED) is 0.291. The fourth-order valence-corrected chi connectivity index (χ4v) is 3.96. The maximum atomic E-state index is 11.6. The van der Waals surface area contributed by atoms with Crippen molar-refractivity contribution in [1.29, 1.82) is 0 Å². The van der Waals surface area contributed by atoms with Gasteiger partial charge in [0.15, 0.2) is 0 Å². The van der Waals surface area contributed by atoms with E-state index in [0.717, 1.165) is 16.7 Å². The normalized spacial score (nSPS) is 13.1. The first kappa shape index (κ1) is 22.0. The van der Waals surface area contributed by atoms with E-state index in [9.17, 15) is 5.21 Å². The van der Waals surface area contributed by atoms with E-state index in [1.54, 1.807) is 0 Å². The van der Waals surface area contributed by atoms with Gasteiger partial charge in [0.2, 0.25) is 0 Å². The summed E-state index contributed by atoms with van der Waals surface area (Å²) in [5, 5.41) is 13.1. The molecule has 32 heavy (non-hydrogen) atoms. The van der Waals surface area contributed by atoms with Crippen molar-refractivity contribution in [3.63, 3.8) is 0 Å². The molecule has 0 spiro atoms. The molecule has 1 N–H and O–H groups in total. The minimum atomic E-state index is -0.297. The van der Waals surface area contributed by atoms with E-state index in [4.69, 9.17) is 4.74 Å². The molecular weight excluding hydrogens is 394 g/mol. The van der Waals surface area contributed by atoms with Gasteiger partial charge < -0.3 is 9.94 Å². The molecule has 0 radical (unpaired) electrons. The molecule has 2 atom stereocenters. The maximum absolute atomic E-state index is 11.6. The fourth-order valence-electron chi connectivity index (χ4n) is 3.96. The van der Waals surface area contributed by atoms with Gasteiger partial charge in [-0.15, -0.1) is 0 Å². The van der Waals surface area contributed by atoms with Gasteiger partial charge in [-0.3, -0.25) is 0 Å². The van der Waals surface area contributed by atoms with Crippen LogP contribution in [0.2, 0.25) is 0 Å². The number of rotatable bonds is 10. The first-order chi connectivity index (χ1) is 15.8. The minimum absolute atomic E-state index is 0.205. The average molecular weight is 424 g/mol. The summed E-state index contributed by atoms with van der Waals surface area (Å²) in [6, 6.07) is 40.2. The number of ether oxygens (including phenoxy) is 1. The Bertz CT molecular complexity index is 1040. The summed E-state index contributed by atoms with van der Waals surface area (Å²) in [5.74, 6) is 0. The van der Waals surface area contributed by atoms with E-state index < -0.39 is 0 Å². The molecule has 0 saturated heterocycles. The van der Waals surface area contributed by atoms with Crippen LogP contribution in [0.1, 0.15) is 34.3 Å². The maximum Gasteiger partial charge on any atom is 0.0840 e. The summed E-state index contributed by atoms with van der Waals surface area (Å²) >= 11 is 0. The molecule has 0 amide bonds. The van der Waals surface area contributed by atoms with Crippen LogP contribution in [-0.2, 0) is 17.8 Å². The molecule has 0 fully saturated rings. The Labute approximate surface area is 190 Å². The molecule has 3 heteroatoms. The second kappa shape index (κ2) is 11.4. The monoisotopic (exact) mass is 423 g/mol. The van der Waals surface area contributed by atoms with Crippen LogP contribution < -0.4 is 0 Å². The largest absolute Gasteiger partial charge is 0.375 e. The van der Waals surface area contributed by atoms with Crippen molar-refractivity contribution in [2.45, 2.75) is 25.1 Å². The average Bonchev–Trinajstić information content (AvgIpc) is 2.87. The molecule has 0 heterocycles. The van der Waals surface area contributed by atoms with Gasteiger partial charge in [-0.25, -0.2) is 0 Å². The molecule has 0 aliphatic carbocycles. The Balaban J connectivity index is 1.59. The molecule has 3 nitrogen and oxygen atoms in total. The minimum Gasteiger partial charge on any atom is -0.375 e. The molecule has 0 aromatic heterocycles. The predicted octanol–water partition coefficient (Wildman–Crippen LogP) is 6.62. The van der Waals surface area contributed by atoms with Gasteiger partial charge in [-0.05, 0) is 28.7 Å². The number of hydroxylamine groups is 2. The highest BCUT2D eigenvalue weighted by Gasteiger charge is 2.28. The molecule has 4 rings (SSSR count). The lowest BCUT2D eigenvalue weighted by Crippen LogP contribution is -2.34. The number of benzene rings is 4. The van der Waals surface area contributed by atoms with Gasteiger partial charge in [0, 0.05) is 0 Å². The lowest BCUT2D eigenvalue weighted by Gasteiger charge is -2.34. The summed E-state index contributed by atoms with van der Waals surface area (Å²) in [6.07, 6.45) is 0.698. The van der Waals surface area contributed by atoms with E-state index in [0.29, 0.717) is 19.6 Å². The van der Waals surface area contributed by atoms with Crippen LogP contribution >= 0.6 is 0 Å². The second-order valence-electron chi connectivity index (χ2n) is 7.92. The Hall–Kier alpha value is -3.24. The zero-order valence-corrected chi connectivity index (χ0v) is 18.1. The summed E-state index contributed by atoms with van der Waals surface area (Å²) in [7, 11) is 0. The van der Waals surface area contributed by atoms with Gasteiger partial charge in [0.25, 0.3) is 0 Å². The van der Waals surface area contributed by atoms with E-state index in [1.807, 2.05) is 84.9 Å². The van der Waals surface area contributed by atoms with Crippen molar-refractivity contribution in [2.75, 3.05) is 6.61 Å². The predicted molar refractivity (Wildman–Crippen MR) is 128 cm³/mol. The molecule has 0 aliphatic rings. The SMILES string of the molecule is ON([C@@H](COCc1ccccc1)c1ccccc1)[C@@H](Cc1ccccc1)c1ccccc1. The molecule has 4 aromatic carbocycles. The fraction of sp³-hybridized carbons (Fsp3) is 0.172. The molecule has 0 unspecified atom stereocenters. The van der Waals surface area contributed by atoms with Crippen molar-refractivity contribution >= 4 is 0 Å². The first-order valence-corrected chi connectivity index (χ1v) is 11.0. The zero-order valence-electron chi connectivity index (χ0n) is 18.1. The van der Waals surface area contributed by atoms with Crippen LogP contribution in [0.3, 0.4) is 0 Å². The molecule has 162 valence electrons. The standard InChI is InChI=1S/C29H29NO2/c31-30(28(26-17-9-3-10-18-26)21-24-13-5-1-6-14-24)29(27-19-11-4-12-20-27)23-32-22-25-15-7-2-8-16-25/h1-20,28-29,31H,21-23H2/t28-,29-/m0/s1. The van der Waals surface area contributed by atoms with E-state index in [2.05, 4.69) is 36.4 Å².